The Labute approximate surface area is 129 Å². The Balaban J connectivity index is 2.10. The van der Waals surface area contributed by atoms with Crippen LogP contribution < -0.4 is 5.32 Å². The van der Waals surface area contributed by atoms with Crippen molar-refractivity contribution < 1.29 is 4.79 Å². The Kier molecular flexibility index (Phi) is 5.07. The van der Waals surface area contributed by atoms with Crippen molar-refractivity contribution in [3.05, 3.63) is 41.7 Å². The number of aryl methyl sites for hydroxylation is 2. The number of carbonyl (C=O) groups is 1. The lowest BCUT2D eigenvalue weighted by Gasteiger charge is -2.09. The molecule has 5 heteroatoms. The van der Waals surface area contributed by atoms with E-state index >= 15 is 0 Å². The molecule has 2 aromatic rings. The van der Waals surface area contributed by atoms with Crippen LogP contribution in [0.1, 0.15) is 11.1 Å². The SMILES string of the molecule is C#CCNC(=O)CSc1nccn1-c1ccc(C)c(C)c1. The summed E-state index contributed by atoms with van der Waals surface area (Å²) in [5.74, 6) is 2.58. The molecule has 0 saturated heterocycles. The van der Waals surface area contributed by atoms with Crippen LogP contribution in [0.15, 0.2) is 35.7 Å². The molecule has 0 bridgehead atoms. The number of imidazole rings is 1. The predicted molar refractivity (Wildman–Crippen MR) is 85.6 cm³/mol. The molecule has 21 heavy (non-hydrogen) atoms. The van der Waals surface area contributed by atoms with E-state index in [2.05, 4.69) is 42.2 Å². The van der Waals surface area contributed by atoms with E-state index in [1.165, 1.54) is 22.9 Å². The third-order valence-electron chi connectivity index (χ3n) is 3.10. The van der Waals surface area contributed by atoms with Crippen LogP contribution in [0, 0.1) is 26.2 Å². The molecule has 0 unspecified atom stereocenters. The van der Waals surface area contributed by atoms with Gasteiger partial charge in [-0.05, 0) is 37.1 Å². The van der Waals surface area contributed by atoms with Gasteiger partial charge in [-0.15, -0.1) is 6.42 Å². The second-order valence-electron chi connectivity index (χ2n) is 4.62. The molecule has 1 amide bonds. The lowest BCUT2D eigenvalue weighted by Crippen LogP contribution is -2.25. The number of rotatable bonds is 5. The molecule has 0 fully saturated rings. The van der Waals surface area contributed by atoms with Gasteiger partial charge in [-0.2, -0.15) is 0 Å². The summed E-state index contributed by atoms with van der Waals surface area (Å²) in [6, 6.07) is 6.24. The maximum atomic E-state index is 11.6. The maximum Gasteiger partial charge on any atom is 0.231 e. The van der Waals surface area contributed by atoms with Crippen molar-refractivity contribution in [2.75, 3.05) is 12.3 Å². The molecule has 1 N–H and O–H groups in total. The van der Waals surface area contributed by atoms with E-state index in [0.717, 1.165) is 10.8 Å². The largest absolute Gasteiger partial charge is 0.344 e. The molecule has 4 nitrogen and oxygen atoms in total. The number of thioether (sulfide) groups is 1. The van der Waals surface area contributed by atoms with Crippen molar-refractivity contribution >= 4 is 17.7 Å². The van der Waals surface area contributed by atoms with Gasteiger partial charge in [-0.1, -0.05) is 23.7 Å². The number of carbonyl (C=O) groups excluding carboxylic acids is 1. The molecule has 0 spiro atoms. The van der Waals surface area contributed by atoms with Crippen LogP contribution in [0.5, 0.6) is 0 Å². The smallest absolute Gasteiger partial charge is 0.231 e. The van der Waals surface area contributed by atoms with E-state index < -0.39 is 0 Å². The molecule has 0 atom stereocenters. The molecule has 0 aliphatic carbocycles. The van der Waals surface area contributed by atoms with Gasteiger partial charge in [0, 0.05) is 18.1 Å². The van der Waals surface area contributed by atoms with Gasteiger partial charge >= 0.3 is 0 Å². The highest BCUT2D eigenvalue weighted by molar-refractivity contribution is 7.99. The normalized spacial score (nSPS) is 10.1. The molecule has 108 valence electrons. The number of nitrogens with zero attached hydrogens (tertiary/aromatic N) is 2. The number of amides is 1. The first-order chi connectivity index (χ1) is 10.1. The molecule has 2 rings (SSSR count). The minimum Gasteiger partial charge on any atom is -0.344 e. The van der Waals surface area contributed by atoms with E-state index in [4.69, 9.17) is 6.42 Å². The molecule has 1 aromatic heterocycles. The number of hydrogen-bond acceptors (Lipinski definition) is 3. The number of nitrogens with one attached hydrogen (secondary N) is 1. The first kappa shape index (κ1) is 15.2. The topological polar surface area (TPSA) is 46.9 Å². The Bertz CT molecular complexity index is 685. The van der Waals surface area contributed by atoms with E-state index in [1.807, 2.05) is 16.8 Å². The second kappa shape index (κ2) is 7.00. The van der Waals surface area contributed by atoms with Crippen LogP contribution in [0.25, 0.3) is 5.69 Å². The highest BCUT2D eigenvalue weighted by Gasteiger charge is 2.09. The van der Waals surface area contributed by atoms with Crippen molar-refractivity contribution in [3.8, 4) is 18.0 Å². The number of benzene rings is 1. The fraction of sp³-hybridized carbons (Fsp3) is 0.250. The zero-order valence-corrected chi connectivity index (χ0v) is 12.9. The predicted octanol–water partition coefficient (Wildman–Crippen LogP) is 2.33. The van der Waals surface area contributed by atoms with Gasteiger partial charge in [0.05, 0.1) is 12.3 Å². The van der Waals surface area contributed by atoms with Gasteiger partial charge in [0.1, 0.15) is 0 Å². The van der Waals surface area contributed by atoms with E-state index in [1.54, 1.807) is 6.20 Å². The summed E-state index contributed by atoms with van der Waals surface area (Å²) >= 11 is 1.39. The van der Waals surface area contributed by atoms with Crippen molar-refractivity contribution in [3.63, 3.8) is 0 Å². The summed E-state index contributed by atoms with van der Waals surface area (Å²) in [6.45, 7) is 4.42. The first-order valence-electron chi connectivity index (χ1n) is 6.55. The zero-order valence-electron chi connectivity index (χ0n) is 12.1. The van der Waals surface area contributed by atoms with Gasteiger partial charge in [-0.25, -0.2) is 4.98 Å². The fourth-order valence-electron chi connectivity index (χ4n) is 1.80. The maximum absolute atomic E-state index is 11.6. The molecular weight excluding hydrogens is 282 g/mol. The Morgan fingerprint density at radius 1 is 1.43 bits per heavy atom. The molecule has 1 heterocycles. The lowest BCUT2D eigenvalue weighted by atomic mass is 10.1. The third-order valence-corrected chi connectivity index (χ3v) is 4.06. The number of aromatic nitrogens is 2. The summed E-state index contributed by atoms with van der Waals surface area (Å²) in [5.41, 5.74) is 3.52. The van der Waals surface area contributed by atoms with Gasteiger partial charge in [0.2, 0.25) is 5.91 Å². The quantitative estimate of drug-likeness (QED) is 0.681. The average Bonchev–Trinajstić information content (AvgIpc) is 2.94. The number of hydrogen-bond donors (Lipinski definition) is 1. The minimum absolute atomic E-state index is 0.0902. The summed E-state index contributed by atoms with van der Waals surface area (Å²) in [5, 5.41) is 3.42. The number of terminal acetylenes is 1. The Morgan fingerprint density at radius 2 is 2.24 bits per heavy atom. The highest BCUT2D eigenvalue weighted by Crippen LogP contribution is 2.21. The summed E-state index contributed by atoms with van der Waals surface area (Å²) in [6.07, 6.45) is 8.73. The van der Waals surface area contributed by atoms with E-state index in [0.29, 0.717) is 5.75 Å². The van der Waals surface area contributed by atoms with Gasteiger partial charge < -0.3 is 5.32 Å². The van der Waals surface area contributed by atoms with Crippen molar-refractivity contribution in [1.82, 2.24) is 14.9 Å². The summed E-state index contributed by atoms with van der Waals surface area (Å²) in [7, 11) is 0. The van der Waals surface area contributed by atoms with E-state index in [-0.39, 0.29) is 12.5 Å². The lowest BCUT2D eigenvalue weighted by molar-refractivity contribution is -0.118. The molecule has 0 aliphatic rings. The van der Waals surface area contributed by atoms with Gasteiger partial charge in [-0.3, -0.25) is 9.36 Å². The second-order valence-corrected chi connectivity index (χ2v) is 5.56. The molecular formula is C16H17N3OS. The standard InChI is InChI=1S/C16H17N3OS/c1-4-7-17-15(20)11-21-16-18-8-9-19(16)14-6-5-12(2)13(3)10-14/h1,5-6,8-10H,7,11H2,2-3H3,(H,17,20). The Hall–Kier alpha value is -2.19. The third kappa shape index (κ3) is 3.89. The van der Waals surface area contributed by atoms with E-state index in [9.17, 15) is 4.79 Å². The van der Waals surface area contributed by atoms with Crippen LogP contribution in [0.4, 0.5) is 0 Å². The molecule has 0 saturated carbocycles. The molecule has 0 aliphatic heterocycles. The minimum atomic E-state index is -0.0902. The van der Waals surface area contributed by atoms with Crippen LogP contribution in [0.2, 0.25) is 0 Å². The van der Waals surface area contributed by atoms with Crippen molar-refractivity contribution in [1.29, 1.82) is 0 Å². The van der Waals surface area contributed by atoms with Crippen LogP contribution in [-0.2, 0) is 4.79 Å². The van der Waals surface area contributed by atoms with Gasteiger partial charge in [0.25, 0.3) is 0 Å². The van der Waals surface area contributed by atoms with Crippen molar-refractivity contribution in [2.24, 2.45) is 0 Å². The first-order valence-corrected chi connectivity index (χ1v) is 7.54. The summed E-state index contributed by atoms with van der Waals surface area (Å²) < 4.78 is 1.98. The molecule has 1 aromatic carbocycles. The summed E-state index contributed by atoms with van der Waals surface area (Å²) in [4.78, 5) is 15.9. The molecule has 0 radical (unpaired) electrons. The fourth-order valence-corrected chi connectivity index (χ4v) is 2.60. The average molecular weight is 299 g/mol. The Morgan fingerprint density at radius 3 is 2.95 bits per heavy atom. The van der Waals surface area contributed by atoms with Gasteiger partial charge in [0.15, 0.2) is 5.16 Å². The zero-order chi connectivity index (χ0) is 15.2. The van der Waals surface area contributed by atoms with Crippen molar-refractivity contribution in [2.45, 2.75) is 19.0 Å². The van der Waals surface area contributed by atoms with Crippen LogP contribution >= 0.6 is 11.8 Å². The monoisotopic (exact) mass is 299 g/mol. The van der Waals surface area contributed by atoms with Crippen LogP contribution in [0.3, 0.4) is 0 Å². The highest BCUT2D eigenvalue weighted by atomic mass is 32.2. The van der Waals surface area contributed by atoms with Crippen LogP contribution in [-0.4, -0.2) is 27.8 Å².